The Bertz CT molecular complexity index is 923. The third kappa shape index (κ3) is 3.40. The number of piperazine rings is 1. The Balaban J connectivity index is 1.67. The lowest BCUT2D eigenvalue weighted by Gasteiger charge is -2.34. The quantitative estimate of drug-likeness (QED) is 0.867. The maximum Gasteiger partial charge on any atom is 0.382 e. The number of fused-ring (bicyclic) bond motifs is 1. The molecule has 0 amide bonds. The summed E-state index contributed by atoms with van der Waals surface area (Å²) in [5.74, 6) is -0.232. The highest BCUT2D eigenvalue weighted by Gasteiger charge is 2.26. The molecule has 1 saturated heterocycles. The number of nitrogens with zero attached hydrogens (tertiary/aromatic N) is 2. The smallest absolute Gasteiger partial charge is 0.370 e. The first-order valence-electron chi connectivity index (χ1n) is 8.47. The largest absolute Gasteiger partial charge is 0.382 e. The summed E-state index contributed by atoms with van der Waals surface area (Å²) in [5, 5.41) is 0. The third-order valence-electron chi connectivity index (χ3n) is 4.81. The van der Waals surface area contributed by atoms with Crippen LogP contribution in [-0.4, -0.2) is 46.5 Å². The van der Waals surface area contributed by atoms with Crippen molar-refractivity contribution in [2.24, 2.45) is 0 Å². The summed E-state index contributed by atoms with van der Waals surface area (Å²) in [6, 6.07) is 10.3. The van der Waals surface area contributed by atoms with Crippen LogP contribution >= 0.6 is 0 Å². The molecule has 0 bridgehead atoms. The Morgan fingerprint density at radius 2 is 1.77 bits per heavy atom. The number of hydrogen-bond donors (Lipinski definition) is 1. The Kier molecular flexibility index (Phi) is 4.34. The van der Waals surface area contributed by atoms with E-state index in [0.29, 0.717) is 11.1 Å². The molecule has 8 heteroatoms. The van der Waals surface area contributed by atoms with Crippen molar-refractivity contribution in [1.29, 1.82) is 0 Å². The van der Waals surface area contributed by atoms with Gasteiger partial charge in [0.25, 0.3) is 0 Å². The molecule has 4 rings (SSSR count). The van der Waals surface area contributed by atoms with E-state index >= 15 is 0 Å². The molecule has 0 spiro atoms. The fraction of sp³-hybridized carbons (Fsp3) is 0.333. The lowest BCUT2D eigenvalue weighted by atomic mass is 10.0. The predicted octanol–water partition coefficient (Wildman–Crippen LogP) is 1.97. The summed E-state index contributed by atoms with van der Waals surface area (Å²) in [7, 11) is -1.75. The Morgan fingerprint density at radius 3 is 2.46 bits per heavy atom. The van der Waals surface area contributed by atoms with Crippen LogP contribution in [0.15, 0.2) is 36.4 Å². The molecule has 0 atom stereocenters. The fourth-order valence-corrected chi connectivity index (χ4v) is 4.12. The highest BCUT2D eigenvalue weighted by molar-refractivity contribution is 7.85. The second-order valence-electron chi connectivity index (χ2n) is 6.64. The van der Waals surface area contributed by atoms with Gasteiger partial charge in [-0.2, -0.15) is 13.1 Å². The maximum atomic E-state index is 14.0. The van der Waals surface area contributed by atoms with Crippen LogP contribution in [0.1, 0.15) is 5.56 Å². The van der Waals surface area contributed by atoms with Gasteiger partial charge in [-0.25, -0.2) is 4.39 Å². The Hall–Kier alpha value is -2.16. The van der Waals surface area contributed by atoms with Gasteiger partial charge in [0, 0.05) is 49.5 Å². The zero-order valence-corrected chi connectivity index (χ0v) is 15.2. The van der Waals surface area contributed by atoms with Crippen LogP contribution in [0.3, 0.4) is 0 Å². The fourth-order valence-electron chi connectivity index (χ4n) is 3.32. The van der Waals surface area contributed by atoms with Crippen molar-refractivity contribution in [1.82, 2.24) is 9.62 Å². The highest BCUT2D eigenvalue weighted by Crippen LogP contribution is 2.37. The second kappa shape index (κ2) is 6.53. The topological polar surface area (TPSA) is 61.9 Å². The van der Waals surface area contributed by atoms with Gasteiger partial charge in [-0.15, -0.1) is 0 Å². The van der Waals surface area contributed by atoms with Crippen molar-refractivity contribution in [3.8, 4) is 16.9 Å². The van der Waals surface area contributed by atoms with E-state index in [1.807, 2.05) is 24.3 Å². The van der Waals surface area contributed by atoms with Gasteiger partial charge >= 0.3 is 10.3 Å². The molecule has 0 radical (unpaired) electrons. The van der Waals surface area contributed by atoms with Gasteiger partial charge in [-0.05, 0) is 36.9 Å². The molecule has 0 saturated carbocycles. The van der Waals surface area contributed by atoms with Crippen LogP contribution in [0.4, 0.5) is 10.1 Å². The minimum Gasteiger partial charge on any atom is -0.370 e. The summed E-state index contributed by atoms with van der Waals surface area (Å²) in [4.78, 5) is 4.59. The molecule has 6 nitrogen and oxygen atoms in total. The molecular weight excluding hydrogens is 357 g/mol. The molecule has 0 aliphatic carbocycles. The minimum atomic E-state index is -3.86. The van der Waals surface area contributed by atoms with Crippen LogP contribution in [-0.2, 0) is 16.8 Å². The maximum absolute atomic E-state index is 14.0. The van der Waals surface area contributed by atoms with Crippen LogP contribution in [0.2, 0.25) is 0 Å². The van der Waals surface area contributed by atoms with Crippen molar-refractivity contribution in [3.05, 3.63) is 47.8 Å². The van der Waals surface area contributed by atoms with Gasteiger partial charge in [0.1, 0.15) is 5.82 Å². The molecule has 1 fully saturated rings. The van der Waals surface area contributed by atoms with Gasteiger partial charge in [0.05, 0.1) is 0 Å². The van der Waals surface area contributed by atoms with Crippen LogP contribution in [0.5, 0.6) is 5.75 Å². The highest BCUT2D eigenvalue weighted by atomic mass is 32.2. The third-order valence-corrected chi connectivity index (χ3v) is 5.69. The average molecular weight is 377 g/mol. The number of likely N-dealkylation sites (N-methyl/N-ethyl adjacent to an activating group) is 1. The molecular formula is C18H20FN3O3S. The van der Waals surface area contributed by atoms with E-state index in [1.165, 1.54) is 12.1 Å². The summed E-state index contributed by atoms with van der Waals surface area (Å²) >= 11 is 0. The molecule has 2 aliphatic rings. The van der Waals surface area contributed by atoms with Crippen molar-refractivity contribution in [2.45, 2.75) is 6.54 Å². The number of hydrogen-bond acceptors (Lipinski definition) is 5. The van der Waals surface area contributed by atoms with E-state index in [0.717, 1.165) is 37.4 Å². The zero-order chi connectivity index (χ0) is 18.3. The van der Waals surface area contributed by atoms with E-state index in [9.17, 15) is 12.8 Å². The lowest BCUT2D eigenvalue weighted by Crippen LogP contribution is -2.44. The Labute approximate surface area is 152 Å². The monoisotopic (exact) mass is 377 g/mol. The summed E-state index contributed by atoms with van der Waals surface area (Å²) in [5.41, 5.74) is 2.74. The average Bonchev–Trinajstić information content (AvgIpc) is 2.62. The van der Waals surface area contributed by atoms with Crippen LogP contribution < -0.4 is 13.8 Å². The first-order chi connectivity index (χ1) is 12.4. The molecule has 1 N–H and O–H groups in total. The number of anilines is 1. The van der Waals surface area contributed by atoms with Gasteiger partial charge in [-0.1, -0.05) is 12.1 Å². The van der Waals surface area contributed by atoms with Crippen molar-refractivity contribution in [2.75, 3.05) is 38.1 Å². The summed E-state index contributed by atoms with van der Waals surface area (Å²) < 4.78 is 44.8. The van der Waals surface area contributed by atoms with Crippen LogP contribution in [0, 0.1) is 5.82 Å². The lowest BCUT2D eigenvalue weighted by molar-refractivity contribution is 0.313. The number of nitrogens with one attached hydrogen (secondary N) is 1. The molecule has 26 heavy (non-hydrogen) atoms. The first-order valence-corrected chi connectivity index (χ1v) is 9.87. The minimum absolute atomic E-state index is 0.0157. The molecule has 0 unspecified atom stereocenters. The number of rotatable bonds is 2. The van der Waals surface area contributed by atoms with Gasteiger partial charge < -0.3 is 14.0 Å². The number of halogens is 1. The van der Waals surface area contributed by atoms with Gasteiger partial charge in [0.2, 0.25) is 0 Å². The zero-order valence-electron chi connectivity index (χ0n) is 14.4. The standard InChI is InChI=1S/C18H20FN3O3S/c1-21-6-8-22(9-7-21)16-4-2-13(3-5-16)17-11-15(19)10-14-12-20-26(23,24)25-18(14)17/h2-5,10-11,20H,6-9,12H2,1H3. The summed E-state index contributed by atoms with van der Waals surface area (Å²) in [6.45, 7) is 3.95. The number of benzene rings is 2. The summed E-state index contributed by atoms with van der Waals surface area (Å²) in [6.07, 6.45) is 0. The van der Waals surface area contributed by atoms with E-state index < -0.39 is 16.1 Å². The molecule has 2 aromatic rings. The molecule has 2 heterocycles. The molecule has 2 aliphatic heterocycles. The van der Waals surface area contributed by atoms with E-state index in [-0.39, 0.29) is 12.3 Å². The van der Waals surface area contributed by atoms with Crippen molar-refractivity contribution in [3.63, 3.8) is 0 Å². The van der Waals surface area contributed by atoms with Crippen molar-refractivity contribution >= 4 is 16.0 Å². The normalized spacial score (nSPS) is 19.7. The van der Waals surface area contributed by atoms with Gasteiger partial charge in [-0.3, -0.25) is 0 Å². The van der Waals surface area contributed by atoms with Crippen LogP contribution in [0.25, 0.3) is 11.1 Å². The van der Waals surface area contributed by atoms with E-state index in [4.69, 9.17) is 4.18 Å². The Morgan fingerprint density at radius 1 is 1.08 bits per heavy atom. The van der Waals surface area contributed by atoms with E-state index in [2.05, 4.69) is 21.6 Å². The van der Waals surface area contributed by atoms with E-state index in [1.54, 1.807) is 0 Å². The van der Waals surface area contributed by atoms with Gasteiger partial charge in [0.15, 0.2) is 5.75 Å². The first kappa shape index (κ1) is 17.3. The predicted molar refractivity (Wildman–Crippen MR) is 97.9 cm³/mol. The molecule has 2 aromatic carbocycles. The molecule has 138 valence electrons. The van der Waals surface area contributed by atoms with Crippen molar-refractivity contribution < 1.29 is 17.0 Å². The molecule has 0 aromatic heterocycles. The SMILES string of the molecule is CN1CCN(c2ccc(-c3cc(F)cc4c3OS(=O)(=O)NC4)cc2)CC1. The second-order valence-corrected chi connectivity index (χ2v) is 8.00.